The number of nitrogens with two attached hydrogens (primary N) is 1. The molecule has 1 aliphatic rings. The van der Waals surface area contributed by atoms with Gasteiger partial charge < -0.3 is 16.0 Å². The Morgan fingerprint density at radius 3 is 2.10 bits per heavy atom. The third-order valence-corrected chi connectivity index (χ3v) is 3.76. The van der Waals surface area contributed by atoms with E-state index in [1.54, 1.807) is 0 Å². The van der Waals surface area contributed by atoms with Crippen LogP contribution in [0.3, 0.4) is 0 Å². The number of carbonyl (C=O) groups excluding carboxylic acids is 1. The van der Waals surface area contributed by atoms with Gasteiger partial charge in [0.1, 0.15) is 0 Å². The summed E-state index contributed by atoms with van der Waals surface area (Å²) in [5.41, 5.74) is 5.75. The maximum absolute atomic E-state index is 11.9. The van der Waals surface area contributed by atoms with Crippen LogP contribution in [0.25, 0.3) is 0 Å². The van der Waals surface area contributed by atoms with Gasteiger partial charge >= 0.3 is 0 Å². The lowest BCUT2D eigenvalue weighted by Gasteiger charge is -2.34. The highest BCUT2D eigenvalue weighted by atomic mass is 35.5. The lowest BCUT2D eigenvalue weighted by Crippen LogP contribution is -2.48. The monoisotopic (exact) mass is 327 g/mol. The van der Waals surface area contributed by atoms with Gasteiger partial charge in [0.15, 0.2) is 0 Å². The molecule has 2 atom stereocenters. The molecule has 0 saturated carbocycles. The van der Waals surface area contributed by atoms with Gasteiger partial charge in [-0.25, -0.2) is 0 Å². The number of halogens is 2. The first-order valence-electron chi connectivity index (χ1n) is 7.18. The summed E-state index contributed by atoms with van der Waals surface area (Å²) in [6, 6.07) is 0.258. The van der Waals surface area contributed by atoms with E-state index in [0.29, 0.717) is 12.0 Å². The van der Waals surface area contributed by atoms with Crippen molar-refractivity contribution in [3.63, 3.8) is 0 Å². The molecule has 0 aromatic rings. The first kappa shape index (κ1) is 22.3. The van der Waals surface area contributed by atoms with Crippen LogP contribution in [0.5, 0.6) is 0 Å². The van der Waals surface area contributed by atoms with Gasteiger partial charge in [0, 0.05) is 37.6 Å². The van der Waals surface area contributed by atoms with Gasteiger partial charge in [-0.3, -0.25) is 4.79 Å². The standard InChI is InChI=1S/C14H29N3O.2ClH/c1-10(2)9-17-7-5-13(6-8-17)16-14(18)11(3)12(4)15;;/h10-13H,5-9,15H2,1-4H3,(H,16,18);2*1H. The molecule has 3 N–H and O–H groups in total. The van der Waals surface area contributed by atoms with E-state index in [-0.39, 0.29) is 42.7 Å². The van der Waals surface area contributed by atoms with Crippen LogP contribution in [0.15, 0.2) is 0 Å². The van der Waals surface area contributed by atoms with Crippen LogP contribution in [-0.2, 0) is 4.79 Å². The van der Waals surface area contributed by atoms with E-state index >= 15 is 0 Å². The molecule has 122 valence electrons. The molecule has 0 aliphatic carbocycles. The molecule has 1 aliphatic heterocycles. The van der Waals surface area contributed by atoms with E-state index in [1.165, 1.54) is 0 Å². The molecule has 1 rings (SSSR count). The maximum Gasteiger partial charge on any atom is 0.224 e. The highest BCUT2D eigenvalue weighted by molar-refractivity contribution is 5.85. The van der Waals surface area contributed by atoms with E-state index in [0.717, 1.165) is 32.5 Å². The predicted molar refractivity (Wildman–Crippen MR) is 89.8 cm³/mol. The van der Waals surface area contributed by atoms with Crippen LogP contribution >= 0.6 is 24.8 Å². The molecule has 20 heavy (non-hydrogen) atoms. The normalized spacial score (nSPS) is 19.7. The Morgan fingerprint density at radius 1 is 1.20 bits per heavy atom. The van der Waals surface area contributed by atoms with Crippen molar-refractivity contribution in [1.29, 1.82) is 0 Å². The van der Waals surface area contributed by atoms with Crippen molar-refractivity contribution in [3.05, 3.63) is 0 Å². The van der Waals surface area contributed by atoms with E-state index < -0.39 is 0 Å². The van der Waals surface area contributed by atoms with Gasteiger partial charge in [-0.2, -0.15) is 0 Å². The highest BCUT2D eigenvalue weighted by Crippen LogP contribution is 2.13. The Hall–Kier alpha value is -0.0300. The molecule has 6 heteroatoms. The average molecular weight is 328 g/mol. The zero-order valence-corrected chi connectivity index (χ0v) is 14.7. The second-order valence-corrected chi connectivity index (χ2v) is 6.13. The number of carbonyl (C=O) groups is 1. The van der Waals surface area contributed by atoms with Crippen molar-refractivity contribution < 1.29 is 4.79 Å². The van der Waals surface area contributed by atoms with Gasteiger partial charge in [0.2, 0.25) is 5.91 Å². The topological polar surface area (TPSA) is 58.4 Å². The van der Waals surface area contributed by atoms with Crippen molar-refractivity contribution in [2.75, 3.05) is 19.6 Å². The lowest BCUT2D eigenvalue weighted by molar-refractivity contribution is -0.126. The highest BCUT2D eigenvalue weighted by Gasteiger charge is 2.24. The van der Waals surface area contributed by atoms with Crippen molar-refractivity contribution in [2.45, 2.75) is 52.6 Å². The fourth-order valence-electron chi connectivity index (χ4n) is 2.35. The first-order valence-corrected chi connectivity index (χ1v) is 7.18. The van der Waals surface area contributed by atoms with Gasteiger partial charge in [-0.1, -0.05) is 20.8 Å². The third kappa shape index (κ3) is 7.67. The van der Waals surface area contributed by atoms with Gasteiger partial charge in [0.05, 0.1) is 0 Å². The summed E-state index contributed by atoms with van der Waals surface area (Å²) >= 11 is 0. The van der Waals surface area contributed by atoms with E-state index in [2.05, 4.69) is 24.1 Å². The van der Waals surface area contributed by atoms with Crippen LogP contribution < -0.4 is 11.1 Å². The number of amides is 1. The SMILES string of the molecule is CC(C)CN1CCC(NC(=O)C(C)C(C)N)CC1.Cl.Cl. The molecular weight excluding hydrogens is 297 g/mol. The molecule has 0 bridgehead atoms. The Morgan fingerprint density at radius 2 is 1.70 bits per heavy atom. The van der Waals surface area contributed by atoms with Gasteiger partial charge in [0.25, 0.3) is 0 Å². The van der Waals surface area contributed by atoms with Gasteiger partial charge in [-0.15, -0.1) is 24.8 Å². The van der Waals surface area contributed by atoms with E-state index in [9.17, 15) is 4.79 Å². The summed E-state index contributed by atoms with van der Waals surface area (Å²) < 4.78 is 0. The zero-order valence-electron chi connectivity index (χ0n) is 13.1. The third-order valence-electron chi connectivity index (χ3n) is 3.76. The molecule has 1 amide bonds. The van der Waals surface area contributed by atoms with Crippen molar-refractivity contribution in [1.82, 2.24) is 10.2 Å². The van der Waals surface area contributed by atoms with Crippen LogP contribution in [0.1, 0.15) is 40.5 Å². The Labute approximate surface area is 136 Å². The van der Waals surface area contributed by atoms with Gasteiger partial charge in [-0.05, 0) is 25.7 Å². The molecular formula is C14H31Cl2N3O. The zero-order chi connectivity index (χ0) is 13.7. The second-order valence-electron chi connectivity index (χ2n) is 6.13. The fraction of sp³-hybridized carbons (Fsp3) is 0.929. The minimum atomic E-state index is -0.0984. The number of nitrogens with one attached hydrogen (secondary N) is 1. The van der Waals surface area contributed by atoms with Crippen molar-refractivity contribution in [2.24, 2.45) is 17.6 Å². The lowest BCUT2D eigenvalue weighted by atomic mass is 10.00. The maximum atomic E-state index is 11.9. The largest absolute Gasteiger partial charge is 0.353 e. The number of nitrogens with zero attached hydrogens (tertiary/aromatic N) is 1. The van der Waals surface area contributed by atoms with Crippen LogP contribution in [-0.4, -0.2) is 42.5 Å². The Kier molecular flexibility index (Phi) is 11.9. The molecule has 1 saturated heterocycles. The summed E-state index contributed by atoms with van der Waals surface area (Å²) in [6.45, 7) is 11.6. The molecule has 0 radical (unpaired) electrons. The van der Waals surface area contributed by atoms with Crippen LogP contribution in [0.2, 0.25) is 0 Å². The number of hydrogen-bond acceptors (Lipinski definition) is 3. The fourth-order valence-corrected chi connectivity index (χ4v) is 2.35. The van der Waals surface area contributed by atoms with Crippen molar-refractivity contribution in [3.8, 4) is 0 Å². The number of likely N-dealkylation sites (tertiary alicyclic amines) is 1. The molecule has 4 nitrogen and oxygen atoms in total. The van der Waals surface area contributed by atoms with E-state index in [4.69, 9.17) is 5.73 Å². The van der Waals surface area contributed by atoms with Crippen LogP contribution in [0, 0.1) is 11.8 Å². The Bertz CT molecular complexity index is 267. The molecule has 0 aromatic carbocycles. The molecule has 0 aromatic heterocycles. The first-order chi connectivity index (χ1) is 8.40. The number of rotatable bonds is 5. The quantitative estimate of drug-likeness (QED) is 0.812. The molecule has 1 fully saturated rings. The number of hydrogen-bond donors (Lipinski definition) is 2. The summed E-state index contributed by atoms with van der Waals surface area (Å²) in [7, 11) is 0. The average Bonchev–Trinajstić information content (AvgIpc) is 2.29. The molecule has 1 heterocycles. The van der Waals surface area contributed by atoms with Crippen molar-refractivity contribution >= 4 is 30.7 Å². The van der Waals surface area contributed by atoms with Crippen LogP contribution in [0.4, 0.5) is 0 Å². The molecule has 0 spiro atoms. The number of piperidine rings is 1. The molecule has 2 unspecified atom stereocenters. The van der Waals surface area contributed by atoms with E-state index in [1.807, 2.05) is 13.8 Å². The smallest absolute Gasteiger partial charge is 0.224 e. The Balaban J connectivity index is 0. The summed E-state index contributed by atoms with van der Waals surface area (Å²) in [5, 5.41) is 3.13. The minimum absolute atomic E-state index is 0. The summed E-state index contributed by atoms with van der Waals surface area (Å²) in [4.78, 5) is 14.4. The second kappa shape index (κ2) is 10.7. The minimum Gasteiger partial charge on any atom is -0.353 e. The summed E-state index contributed by atoms with van der Waals surface area (Å²) in [5.74, 6) is 0.722. The predicted octanol–water partition coefficient (Wildman–Crippen LogP) is 2.05. The summed E-state index contributed by atoms with van der Waals surface area (Å²) in [6.07, 6.45) is 2.12.